The van der Waals surface area contributed by atoms with Crippen LogP contribution in [-0.4, -0.2) is 64.4 Å². The lowest BCUT2D eigenvalue weighted by Gasteiger charge is -2.31. The molecule has 1 amide bonds. The van der Waals surface area contributed by atoms with Gasteiger partial charge in [-0.2, -0.15) is 5.10 Å². The van der Waals surface area contributed by atoms with Gasteiger partial charge in [-0.1, -0.05) is 0 Å². The van der Waals surface area contributed by atoms with Crippen LogP contribution < -0.4 is 10.2 Å². The van der Waals surface area contributed by atoms with Gasteiger partial charge in [-0.3, -0.25) is 9.59 Å². The van der Waals surface area contributed by atoms with Crippen LogP contribution in [0.25, 0.3) is 16.7 Å². The fraction of sp³-hybridized carbons (Fsp3) is 0.261. The molecule has 4 heterocycles. The van der Waals surface area contributed by atoms with Gasteiger partial charge in [-0.15, -0.1) is 0 Å². The number of fused-ring (bicyclic) bond motifs is 1. The molecular weight excluding hydrogens is 474 g/mol. The number of benzene rings is 1. The Bertz CT molecular complexity index is 1550. The third-order valence-electron chi connectivity index (χ3n) is 5.76. The summed E-state index contributed by atoms with van der Waals surface area (Å²) in [5.74, 6) is 0.0768. The minimum Gasteiger partial charge on any atom is -0.474 e. The van der Waals surface area contributed by atoms with Crippen LogP contribution >= 0.6 is 0 Å². The lowest BCUT2D eigenvalue weighted by atomic mass is 10.1. The number of hydrogen-bond acceptors (Lipinski definition) is 9. The highest BCUT2D eigenvalue weighted by Gasteiger charge is 2.27. The Labute approximate surface area is 199 Å². The fourth-order valence-corrected chi connectivity index (χ4v) is 4.56. The van der Waals surface area contributed by atoms with Crippen LogP contribution in [0, 0.1) is 0 Å². The number of aromatic nitrogens is 4. The zero-order valence-corrected chi connectivity index (χ0v) is 19.5. The second-order valence-electron chi connectivity index (χ2n) is 8.18. The predicted octanol–water partition coefficient (Wildman–Crippen LogP) is 1.86. The number of sulfone groups is 1. The highest BCUT2D eigenvalue weighted by Crippen LogP contribution is 2.27. The van der Waals surface area contributed by atoms with Crippen LogP contribution in [0.15, 0.2) is 69.3 Å². The van der Waals surface area contributed by atoms with Crippen LogP contribution in [-0.2, 0) is 9.84 Å². The van der Waals surface area contributed by atoms with Gasteiger partial charge in [-0.25, -0.2) is 23.1 Å². The van der Waals surface area contributed by atoms with Crippen molar-refractivity contribution in [3.63, 3.8) is 0 Å². The van der Waals surface area contributed by atoms with E-state index >= 15 is 0 Å². The zero-order chi connectivity index (χ0) is 24.6. The number of carbonyl (C=O) groups excluding carboxylic acids is 1. The summed E-state index contributed by atoms with van der Waals surface area (Å²) in [5, 5.41) is 5.00. The molecule has 0 spiro atoms. The highest BCUT2D eigenvalue weighted by molar-refractivity contribution is 7.90. The largest absolute Gasteiger partial charge is 0.474 e. The summed E-state index contributed by atoms with van der Waals surface area (Å²) < 4.78 is 36.3. The van der Waals surface area contributed by atoms with Gasteiger partial charge in [0.15, 0.2) is 26.7 Å². The standard InChI is InChI=1S/C23H21N5O6S/c1-35(31,32)18-4-2-15(3-5-18)28-21-19(13-26-28)22(25-14-24-21)34-17-6-9-27(10-7-17)23(30)20-12-16(29)8-11-33-20/h2-5,8,11-14,17H,6-7,9-10H2,1H3. The lowest BCUT2D eigenvalue weighted by molar-refractivity contribution is 0.0559. The maximum atomic E-state index is 12.6. The van der Waals surface area contributed by atoms with Crippen molar-refractivity contribution in [1.29, 1.82) is 0 Å². The van der Waals surface area contributed by atoms with Gasteiger partial charge >= 0.3 is 0 Å². The van der Waals surface area contributed by atoms with E-state index in [1.54, 1.807) is 27.9 Å². The van der Waals surface area contributed by atoms with Crippen molar-refractivity contribution >= 4 is 26.8 Å². The molecule has 1 aliphatic heterocycles. The van der Waals surface area contributed by atoms with Gasteiger partial charge in [-0.05, 0) is 24.3 Å². The number of amides is 1. The van der Waals surface area contributed by atoms with E-state index in [0.29, 0.717) is 48.5 Å². The molecule has 0 bridgehead atoms. The van der Waals surface area contributed by atoms with Crippen molar-refractivity contribution < 1.29 is 22.4 Å². The molecule has 0 radical (unpaired) electrons. The molecule has 35 heavy (non-hydrogen) atoms. The first-order valence-electron chi connectivity index (χ1n) is 10.8. The van der Waals surface area contributed by atoms with E-state index in [0.717, 1.165) is 6.26 Å². The molecular formula is C23H21N5O6S. The molecule has 0 unspecified atom stereocenters. The van der Waals surface area contributed by atoms with Gasteiger partial charge in [0, 0.05) is 44.3 Å². The van der Waals surface area contributed by atoms with Gasteiger partial charge in [0.25, 0.3) is 5.91 Å². The van der Waals surface area contributed by atoms with E-state index in [-0.39, 0.29) is 28.1 Å². The maximum Gasteiger partial charge on any atom is 0.289 e. The minimum atomic E-state index is -3.30. The number of piperidine rings is 1. The Morgan fingerprint density at radius 2 is 1.86 bits per heavy atom. The lowest BCUT2D eigenvalue weighted by Crippen LogP contribution is -2.42. The average molecular weight is 496 g/mol. The molecule has 3 aromatic heterocycles. The van der Waals surface area contributed by atoms with Crippen LogP contribution in [0.1, 0.15) is 23.4 Å². The molecule has 1 fully saturated rings. The molecule has 0 N–H and O–H groups in total. The Hall–Kier alpha value is -4.06. The molecule has 1 aromatic carbocycles. The third kappa shape index (κ3) is 4.64. The topological polar surface area (TPSA) is 137 Å². The fourth-order valence-electron chi connectivity index (χ4n) is 3.93. The van der Waals surface area contributed by atoms with E-state index in [2.05, 4.69) is 15.1 Å². The summed E-state index contributed by atoms with van der Waals surface area (Å²) in [6.07, 6.45) is 6.35. The number of likely N-dealkylation sites (tertiary alicyclic amines) is 1. The third-order valence-corrected chi connectivity index (χ3v) is 6.89. The second-order valence-corrected chi connectivity index (χ2v) is 10.2. The highest BCUT2D eigenvalue weighted by atomic mass is 32.2. The molecule has 180 valence electrons. The molecule has 0 aliphatic carbocycles. The predicted molar refractivity (Wildman–Crippen MR) is 124 cm³/mol. The maximum absolute atomic E-state index is 12.6. The Balaban J connectivity index is 1.30. The Morgan fingerprint density at radius 1 is 1.11 bits per heavy atom. The molecule has 4 aromatic rings. The molecule has 1 aliphatic rings. The van der Waals surface area contributed by atoms with Crippen LogP contribution in [0.3, 0.4) is 0 Å². The van der Waals surface area contributed by atoms with E-state index < -0.39 is 9.84 Å². The smallest absolute Gasteiger partial charge is 0.289 e. The summed E-state index contributed by atoms with van der Waals surface area (Å²) in [7, 11) is -3.30. The summed E-state index contributed by atoms with van der Waals surface area (Å²) in [6, 6.07) is 8.81. The molecule has 0 atom stereocenters. The van der Waals surface area contributed by atoms with Crippen molar-refractivity contribution in [2.45, 2.75) is 23.8 Å². The van der Waals surface area contributed by atoms with E-state index in [1.807, 2.05) is 0 Å². The monoisotopic (exact) mass is 495 g/mol. The Morgan fingerprint density at radius 3 is 2.54 bits per heavy atom. The number of rotatable bonds is 5. The molecule has 1 saturated heterocycles. The van der Waals surface area contributed by atoms with Crippen molar-refractivity contribution in [2.24, 2.45) is 0 Å². The first-order chi connectivity index (χ1) is 16.8. The van der Waals surface area contributed by atoms with Gasteiger partial charge in [0.2, 0.25) is 5.88 Å². The normalized spacial score (nSPS) is 14.8. The van der Waals surface area contributed by atoms with E-state index in [1.165, 1.54) is 36.9 Å². The second kappa shape index (κ2) is 8.95. The van der Waals surface area contributed by atoms with Crippen molar-refractivity contribution in [2.75, 3.05) is 19.3 Å². The van der Waals surface area contributed by atoms with E-state index in [4.69, 9.17) is 9.15 Å². The first kappa shape index (κ1) is 22.7. The van der Waals surface area contributed by atoms with Crippen molar-refractivity contribution in [3.8, 4) is 11.6 Å². The van der Waals surface area contributed by atoms with Gasteiger partial charge < -0.3 is 14.1 Å². The molecule has 12 heteroatoms. The average Bonchev–Trinajstić information content (AvgIpc) is 3.29. The van der Waals surface area contributed by atoms with Gasteiger partial charge in [0.1, 0.15) is 17.8 Å². The van der Waals surface area contributed by atoms with Crippen molar-refractivity contribution in [3.05, 3.63) is 71.2 Å². The Kier molecular flexibility index (Phi) is 5.81. The van der Waals surface area contributed by atoms with E-state index in [9.17, 15) is 18.0 Å². The summed E-state index contributed by atoms with van der Waals surface area (Å²) >= 11 is 0. The summed E-state index contributed by atoms with van der Waals surface area (Å²) in [4.78, 5) is 34.5. The number of hydrogen-bond donors (Lipinski definition) is 0. The minimum absolute atomic E-state index is 0.0198. The number of carbonyl (C=O) groups is 1. The number of ether oxygens (including phenoxy) is 1. The first-order valence-corrected chi connectivity index (χ1v) is 12.7. The van der Waals surface area contributed by atoms with Gasteiger partial charge in [0.05, 0.1) is 23.0 Å². The van der Waals surface area contributed by atoms with Crippen LogP contribution in [0.2, 0.25) is 0 Å². The quantitative estimate of drug-likeness (QED) is 0.406. The van der Waals surface area contributed by atoms with Crippen molar-refractivity contribution in [1.82, 2.24) is 24.6 Å². The molecule has 11 nitrogen and oxygen atoms in total. The molecule has 0 saturated carbocycles. The van der Waals surface area contributed by atoms with Crippen LogP contribution in [0.5, 0.6) is 5.88 Å². The summed E-state index contributed by atoms with van der Waals surface area (Å²) in [6.45, 7) is 0.893. The number of nitrogens with zero attached hydrogens (tertiary/aromatic N) is 5. The van der Waals surface area contributed by atoms with Crippen LogP contribution in [0.4, 0.5) is 0 Å². The zero-order valence-electron chi connectivity index (χ0n) is 18.7. The summed E-state index contributed by atoms with van der Waals surface area (Å²) in [5.41, 5.74) is 0.891. The SMILES string of the molecule is CS(=O)(=O)c1ccc(-n2ncc3c(OC4CCN(C(=O)c5cc(=O)cco5)CC4)ncnc32)cc1. The molecule has 5 rings (SSSR count).